The van der Waals surface area contributed by atoms with Crippen molar-refractivity contribution in [2.75, 3.05) is 10.6 Å². The summed E-state index contributed by atoms with van der Waals surface area (Å²) >= 11 is 0. The smallest absolute Gasteiger partial charge is 0.416 e. The largest absolute Gasteiger partial charge is 0.444 e. The number of ether oxygens (including phenoxy) is 1. The topological polar surface area (TPSA) is 111 Å². The molecule has 1 aromatic heterocycles. The number of nitrogens with one attached hydrogen (secondary N) is 2. The molecule has 3 aromatic rings. The number of hydrogen-bond donors (Lipinski definition) is 2. The molecule has 12 heteroatoms. The van der Waals surface area contributed by atoms with Gasteiger partial charge in [-0.2, -0.15) is 13.2 Å². The number of benzene rings is 2. The Labute approximate surface area is 186 Å². The van der Waals surface area contributed by atoms with Gasteiger partial charge in [0.15, 0.2) is 0 Å². The maximum atomic E-state index is 13.2. The summed E-state index contributed by atoms with van der Waals surface area (Å²) < 4.78 is 46.1. The SMILES string of the molecule is CC(C)(C)OC(=O)Nc1ccc(C(F)(F)F)cc1NC(=O)Cc1ccc(-n2cnnn2)cc1. The number of anilines is 2. The number of hydrogen-bond acceptors (Lipinski definition) is 6. The number of rotatable bonds is 5. The maximum absolute atomic E-state index is 13.2. The molecular formula is C21H21F3N6O3. The van der Waals surface area contributed by atoms with Gasteiger partial charge in [0.25, 0.3) is 0 Å². The highest BCUT2D eigenvalue weighted by Gasteiger charge is 2.31. The fraction of sp³-hybridized carbons (Fsp3) is 0.286. The summed E-state index contributed by atoms with van der Waals surface area (Å²) in [5, 5.41) is 15.6. The van der Waals surface area contributed by atoms with Gasteiger partial charge in [-0.15, -0.1) is 5.10 Å². The fourth-order valence-electron chi connectivity index (χ4n) is 2.77. The summed E-state index contributed by atoms with van der Waals surface area (Å²) in [4.78, 5) is 24.6. The van der Waals surface area contributed by atoms with Crippen LogP contribution in [0.15, 0.2) is 48.8 Å². The third-order valence-electron chi connectivity index (χ3n) is 4.17. The molecule has 0 saturated heterocycles. The van der Waals surface area contributed by atoms with Crippen molar-refractivity contribution < 1.29 is 27.5 Å². The van der Waals surface area contributed by atoms with Crippen LogP contribution >= 0.6 is 0 Å². The summed E-state index contributed by atoms with van der Waals surface area (Å²) in [6.07, 6.45) is -4.20. The van der Waals surface area contributed by atoms with Crippen molar-refractivity contribution in [3.05, 3.63) is 59.9 Å². The number of carbonyl (C=O) groups excluding carboxylic acids is 2. The Bertz CT molecular complexity index is 1120. The number of nitrogens with zero attached hydrogens (tertiary/aromatic N) is 4. The first-order valence-electron chi connectivity index (χ1n) is 9.74. The van der Waals surface area contributed by atoms with Crippen LogP contribution < -0.4 is 10.6 Å². The molecule has 0 atom stereocenters. The van der Waals surface area contributed by atoms with Gasteiger partial charge in [0.1, 0.15) is 11.9 Å². The third-order valence-corrected chi connectivity index (χ3v) is 4.17. The molecular weight excluding hydrogens is 441 g/mol. The maximum Gasteiger partial charge on any atom is 0.416 e. The molecule has 0 unspecified atom stereocenters. The lowest BCUT2D eigenvalue weighted by atomic mass is 10.1. The van der Waals surface area contributed by atoms with Crippen LogP contribution in [-0.4, -0.2) is 37.8 Å². The second kappa shape index (κ2) is 9.27. The number of carbonyl (C=O) groups is 2. The first-order valence-corrected chi connectivity index (χ1v) is 9.74. The molecule has 2 amide bonds. The third kappa shape index (κ3) is 6.76. The van der Waals surface area contributed by atoms with E-state index in [2.05, 4.69) is 26.2 Å². The standard InChI is InChI=1S/C21H21F3N6O3/c1-20(2,3)33-19(32)27-16-9-6-14(21(22,23)24)11-17(16)26-18(31)10-13-4-7-15(8-5-13)30-12-25-28-29-30/h4-9,11-12H,10H2,1-3H3,(H,26,31)(H,27,32). The van der Waals surface area contributed by atoms with Gasteiger partial charge in [-0.1, -0.05) is 12.1 Å². The lowest BCUT2D eigenvalue weighted by Crippen LogP contribution is -2.27. The molecule has 0 aliphatic rings. The average Bonchev–Trinajstić information content (AvgIpc) is 3.22. The van der Waals surface area contributed by atoms with Gasteiger partial charge < -0.3 is 10.1 Å². The molecule has 33 heavy (non-hydrogen) atoms. The van der Waals surface area contributed by atoms with Crippen molar-refractivity contribution in [2.24, 2.45) is 0 Å². The van der Waals surface area contributed by atoms with Crippen LogP contribution in [0.5, 0.6) is 0 Å². The van der Waals surface area contributed by atoms with Crippen LogP contribution in [0.25, 0.3) is 5.69 Å². The lowest BCUT2D eigenvalue weighted by Gasteiger charge is -2.21. The molecule has 2 N–H and O–H groups in total. The molecule has 0 saturated carbocycles. The van der Waals surface area contributed by atoms with Gasteiger partial charge in [0.2, 0.25) is 5.91 Å². The van der Waals surface area contributed by atoms with Gasteiger partial charge in [-0.05, 0) is 67.1 Å². The zero-order valence-corrected chi connectivity index (χ0v) is 18.0. The van der Waals surface area contributed by atoms with Gasteiger partial charge in [0.05, 0.1) is 29.0 Å². The van der Waals surface area contributed by atoms with Crippen LogP contribution in [0.1, 0.15) is 31.9 Å². The van der Waals surface area contributed by atoms with Crippen molar-refractivity contribution in [2.45, 2.75) is 39.0 Å². The zero-order valence-electron chi connectivity index (χ0n) is 18.0. The Balaban J connectivity index is 1.76. The van der Waals surface area contributed by atoms with E-state index in [4.69, 9.17) is 4.74 Å². The van der Waals surface area contributed by atoms with Gasteiger partial charge in [0, 0.05) is 0 Å². The Hall–Kier alpha value is -3.96. The normalized spacial score (nSPS) is 11.7. The lowest BCUT2D eigenvalue weighted by molar-refractivity contribution is -0.137. The van der Waals surface area contributed by atoms with E-state index in [1.807, 2.05) is 0 Å². The highest BCUT2D eigenvalue weighted by atomic mass is 19.4. The van der Waals surface area contributed by atoms with Crippen LogP contribution in [0, 0.1) is 0 Å². The Morgan fingerprint density at radius 3 is 2.27 bits per heavy atom. The van der Waals surface area contributed by atoms with Crippen molar-refractivity contribution in [3.8, 4) is 5.69 Å². The van der Waals surface area contributed by atoms with E-state index in [1.165, 1.54) is 11.0 Å². The molecule has 9 nitrogen and oxygen atoms in total. The Morgan fingerprint density at radius 2 is 1.70 bits per heavy atom. The molecule has 0 radical (unpaired) electrons. The first kappa shape index (κ1) is 23.7. The molecule has 3 rings (SSSR count). The monoisotopic (exact) mass is 462 g/mol. The van der Waals surface area contributed by atoms with Crippen molar-refractivity contribution in [3.63, 3.8) is 0 Å². The van der Waals surface area contributed by atoms with E-state index in [-0.39, 0.29) is 17.8 Å². The van der Waals surface area contributed by atoms with E-state index < -0.39 is 29.3 Å². The van der Waals surface area contributed by atoms with E-state index in [0.29, 0.717) is 11.3 Å². The van der Waals surface area contributed by atoms with E-state index in [1.54, 1.807) is 45.0 Å². The quantitative estimate of drug-likeness (QED) is 0.588. The second-order valence-corrected chi connectivity index (χ2v) is 8.03. The van der Waals surface area contributed by atoms with E-state index >= 15 is 0 Å². The van der Waals surface area contributed by atoms with Crippen molar-refractivity contribution in [1.82, 2.24) is 20.2 Å². The minimum absolute atomic E-state index is 0.0281. The highest BCUT2D eigenvalue weighted by molar-refractivity contribution is 5.98. The molecule has 174 valence electrons. The number of aromatic nitrogens is 4. The zero-order chi connectivity index (χ0) is 24.2. The Morgan fingerprint density at radius 1 is 1.00 bits per heavy atom. The van der Waals surface area contributed by atoms with Crippen LogP contribution in [0.2, 0.25) is 0 Å². The molecule has 0 aliphatic heterocycles. The molecule has 2 aromatic carbocycles. The van der Waals surface area contributed by atoms with Gasteiger partial charge in [-0.3, -0.25) is 10.1 Å². The predicted molar refractivity (Wildman–Crippen MR) is 113 cm³/mol. The number of halogens is 3. The van der Waals surface area contributed by atoms with Crippen LogP contribution in [0.4, 0.5) is 29.3 Å². The van der Waals surface area contributed by atoms with Gasteiger partial charge >= 0.3 is 12.3 Å². The number of amides is 2. The summed E-state index contributed by atoms with van der Waals surface area (Å²) in [5.74, 6) is -0.572. The molecule has 0 bridgehead atoms. The Kier molecular flexibility index (Phi) is 6.65. The molecule has 0 aliphatic carbocycles. The average molecular weight is 462 g/mol. The van der Waals surface area contributed by atoms with Crippen molar-refractivity contribution >= 4 is 23.4 Å². The fourth-order valence-corrected chi connectivity index (χ4v) is 2.77. The summed E-state index contributed by atoms with van der Waals surface area (Å²) in [6, 6.07) is 9.34. The minimum Gasteiger partial charge on any atom is -0.444 e. The number of tetrazole rings is 1. The van der Waals surface area contributed by atoms with E-state index in [9.17, 15) is 22.8 Å². The summed E-state index contributed by atoms with van der Waals surface area (Å²) in [6.45, 7) is 4.94. The van der Waals surface area contributed by atoms with E-state index in [0.717, 1.165) is 18.2 Å². The second-order valence-electron chi connectivity index (χ2n) is 8.03. The summed E-state index contributed by atoms with van der Waals surface area (Å²) in [7, 11) is 0. The molecule has 0 fully saturated rings. The van der Waals surface area contributed by atoms with Crippen LogP contribution in [0.3, 0.4) is 0 Å². The predicted octanol–water partition coefficient (Wildman–Crippen LogP) is 4.21. The molecule has 0 spiro atoms. The first-order chi connectivity index (χ1) is 15.4. The van der Waals surface area contributed by atoms with Crippen LogP contribution in [-0.2, 0) is 22.1 Å². The highest BCUT2D eigenvalue weighted by Crippen LogP contribution is 2.34. The van der Waals surface area contributed by atoms with Crippen molar-refractivity contribution in [1.29, 1.82) is 0 Å². The van der Waals surface area contributed by atoms with Gasteiger partial charge in [-0.25, -0.2) is 9.48 Å². The number of alkyl halides is 3. The minimum atomic E-state index is -4.63. The molecule has 1 heterocycles. The summed E-state index contributed by atoms with van der Waals surface area (Å²) in [5.41, 5.74) is -0.735.